The quantitative estimate of drug-likeness (QED) is 0.908. The van der Waals surface area contributed by atoms with Crippen LogP contribution in [0, 0.1) is 0 Å². The van der Waals surface area contributed by atoms with Crippen molar-refractivity contribution in [2.24, 2.45) is 0 Å². The molecule has 0 saturated carbocycles. The second-order valence-electron chi connectivity index (χ2n) is 5.20. The molecule has 17 heavy (non-hydrogen) atoms. The number of nitrogens with zero attached hydrogens (tertiary/aromatic N) is 2. The van der Waals surface area contributed by atoms with Gasteiger partial charge in [-0.25, -0.2) is 0 Å². The molecule has 1 saturated heterocycles. The van der Waals surface area contributed by atoms with E-state index in [0.29, 0.717) is 18.8 Å². The Kier molecular flexibility index (Phi) is 3.08. The van der Waals surface area contributed by atoms with E-state index in [1.54, 1.807) is 11.8 Å². The highest BCUT2D eigenvalue weighted by molar-refractivity contribution is 9.10. The van der Waals surface area contributed by atoms with Gasteiger partial charge in [0.05, 0.1) is 18.7 Å². The highest BCUT2D eigenvalue weighted by atomic mass is 79.9. The van der Waals surface area contributed by atoms with Gasteiger partial charge in [0.2, 0.25) is 0 Å². The first-order valence-corrected chi connectivity index (χ1v) is 6.48. The highest BCUT2D eigenvalue weighted by Gasteiger charge is 2.40. The van der Waals surface area contributed by atoms with Crippen LogP contribution in [0.2, 0.25) is 0 Å². The van der Waals surface area contributed by atoms with Crippen molar-refractivity contribution in [3.05, 3.63) is 22.4 Å². The summed E-state index contributed by atoms with van der Waals surface area (Å²) in [6.45, 7) is 6.64. The zero-order valence-corrected chi connectivity index (χ0v) is 11.9. The molecule has 1 aromatic rings. The third-order valence-corrected chi connectivity index (χ3v) is 3.37. The molecule has 0 aromatic carbocycles. The summed E-state index contributed by atoms with van der Waals surface area (Å²) < 4.78 is 2.85. The summed E-state index contributed by atoms with van der Waals surface area (Å²) in [6.07, 6.45) is 1.91. The van der Waals surface area contributed by atoms with Crippen LogP contribution in [0.4, 0.5) is 0 Å². The molecular formula is C12H17BrN2O2. The van der Waals surface area contributed by atoms with Crippen molar-refractivity contribution >= 4 is 21.8 Å². The molecule has 1 N–H and O–H groups in total. The molecule has 1 fully saturated rings. The first kappa shape index (κ1) is 12.6. The van der Waals surface area contributed by atoms with Crippen molar-refractivity contribution in [3.63, 3.8) is 0 Å². The predicted octanol–water partition coefficient (Wildman–Crippen LogP) is 2.04. The van der Waals surface area contributed by atoms with E-state index < -0.39 is 5.60 Å². The second kappa shape index (κ2) is 4.14. The minimum absolute atomic E-state index is 0.0177. The Hall–Kier alpha value is -0.810. The molecule has 0 bridgehead atoms. The van der Waals surface area contributed by atoms with Gasteiger partial charge in [-0.2, -0.15) is 0 Å². The molecule has 94 valence electrons. The van der Waals surface area contributed by atoms with Crippen molar-refractivity contribution < 1.29 is 9.90 Å². The number of β-amino-alcohol motifs (C(OH)–C–C–N with tert-alkyl or cyclic N) is 1. The van der Waals surface area contributed by atoms with E-state index in [4.69, 9.17) is 0 Å². The molecule has 4 nitrogen and oxygen atoms in total. The van der Waals surface area contributed by atoms with Crippen molar-refractivity contribution in [2.45, 2.75) is 32.4 Å². The lowest BCUT2D eigenvalue weighted by atomic mass is 9.96. The van der Waals surface area contributed by atoms with Gasteiger partial charge in [-0.15, -0.1) is 0 Å². The summed E-state index contributed by atoms with van der Waals surface area (Å²) in [5.41, 5.74) is -0.0512. The topological polar surface area (TPSA) is 45.5 Å². The summed E-state index contributed by atoms with van der Waals surface area (Å²) in [5.74, 6) is -0.0177. The molecule has 1 amide bonds. The maximum absolute atomic E-state index is 12.2. The summed E-state index contributed by atoms with van der Waals surface area (Å²) in [7, 11) is 0. The van der Waals surface area contributed by atoms with E-state index >= 15 is 0 Å². The number of rotatable bonds is 2. The molecule has 0 spiro atoms. The number of likely N-dealkylation sites (tertiary alicyclic amines) is 1. The van der Waals surface area contributed by atoms with Crippen LogP contribution in [-0.4, -0.2) is 39.2 Å². The van der Waals surface area contributed by atoms with E-state index in [-0.39, 0.29) is 11.9 Å². The average molecular weight is 301 g/mol. The SMILES string of the molecule is CC(C)n1cc(Br)cc1C(=O)N1CC(C)(O)C1. The maximum atomic E-state index is 12.2. The monoisotopic (exact) mass is 300 g/mol. The molecular weight excluding hydrogens is 284 g/mol. The highest BCUT2D eigenvalue weighted by Crippen LogP contribution is 2.25. The average Bonchev–Trinajstić information content (AvgIpc) is 2.55. The number of hydrogen-bond acceptors (Lipinski definition) is 2. The molecule has 0 aliphatic carbocycles. The van der Waals surface area contributed by atoms with Crippen LogP contribution in [-0.2, 0) is 0 Å². The Morgan fingerprint density at radius 1 is 1.53 bits per heavy atom. The summed E-state index contributed by atoms with van der Waals surface area (Å²) in [4.78, 5) is 13.9. The van der Waals surface area contributed by atoms with E-state index in [1.165, 1.54) is 0 Å². The first-order chi connectivity index (χ1) is 7.80. The molecule has 2 rings (SSSR count). The minimum atomic E-state index is -0.720. The number of halogens is 1. The zero-order chi connectivity index (χ0) is 12.8. The Morgan fingerprint density at radius 3 is 2.59 bits per heavy atom. The van der Waals surface area contributed by atoms with Crippen molar-refractivity contribution in [3.8, 4) is 0 Å². The molecule has 0 radical (unpaired) electrons. The standard InChI is InChI=1S/C12H17BrN2O2/c1-8(2)15-5-9(13)4-10(15)11(16)14-6-12(3,17)7-14/h4-5,8,17H,6-7H2,1-3H3. The third-order valence-electron chi connectivity index (χ3n) is 2.94. The number of amides is 1. The van der Waals surface area contributed by atoms with Crippen LogP contribution < -0.4 is 0 Å². The summed E-state index contributed by atoms with van der Waals surface area (Å²) >= 11 is 3.39. The van der Waals surface area contributed by atoms with Crippen molar-refractivity contribution in [2.75, 3.05) is 13.1 Å². The lowest BCUT2D eigenvalue weighted by molar-refractivity contribution is -0.0672. The molecule has 1 aromatic heterocycles. The minimum Gasteiger partial charge on any atom is -0.386 e. The number of carbonyl (C=O) groups is 1. The molecule has 0 unspecified atom stereocenters. The van der Waals surface area contributed by atoms with E-state index in [0.717, 1.165) is 4.47 Å². The Morgan fingerprint density at radius 2 is 2.12 bits per heavy atom. The number of hydrogen-bond donors (Lipinski definition) is 1. The smallest absolute Gasteiger partial charge is 0.270 e. The first-order valence-electron chi connectivity index (χ1n) is 5.69. The molecule has 0 atom stereocenters. The molecule has 2 heterocycles. The van der Waals surface area contributed by atoms with Crippen LogP contribution in [0.3, 0.4) is 0 Å². The fraction of sp³-hybridized carbons (Fsp3) is 0.583. The normalized spacial score (nSPS) is 18.4. The lowest BCUT2D eigenvalue weighted by Gasteiger charge is -2.44. The largest absolute Gasteiger partial charge is 0.386 e. The van der Waals surface area contributed by atoms with Gasteiger partial charge in [-0.3, -0.25) is 4.79 Å². The number of aromatic nitrogens is 1. The maximum Gasteiger partial charge on any atom is 0.270 e. The van der Waals surface area contributed by atoms with Crippen LogP contribution in [0.5, 0.6) is 0 Å². The number of carbonyl (C=O) groups excluding carboxylic acids is 1. The summed E-state index contributed by atoms with van der Waals surface area (Å²) in [5, 5.41) is 9.65. The molecule has 1 aliphatic rings. The lowest BCUT2D eigenvalue weighted by Crippen LogP contribution is -2.61. The Labute approximate surface area is 109 Å². The van der Waals surface area contributed by atoms with Crippen LogP contribution >= 0.6 is 15.9 Å². The second-order valence-corrected chi connectivity index (χ2v) is 6.12. The van der Waals surface area contributed by atoms with Gasteiger partial charge >= 0.3 is 0 Å². The number of aliphatic hydroxyl groups is 1. The summed E-state index contributed by atoms with van der Waals surface area (Å²) in [6, 6.07) is 2.07. The van der Waals surface area contributed by atoms with Gasteiger partial charge in [0, 0.05) is 16.7 Å². The van der Waals surface area contributed by atoms with Crippen LogP contribution in [0.15, 0.2) is 16.7 Å². The van der Waals surface area contributed by atoms with Gasteiger partial charge < -0.3 is 14.6 Å². The van der Waals surface area contributed by atoms with Gasteiger partial charge in [-0.05, 0) is 42.8 Å². The van der Waals surface area contributed by atoms with E-state index in [9.17, 15) is 9.90 Å². The fourth-order valence-electron chi connectivity index (χ4n) is 2.13. The molecule has 1 aliphatic heterocycles. The van der Waals surface area contributed by atoms with Gasteiger partial charge in [-0.1, -0.05) is 0 Å². The third kappa shape index (κ3) is 2.40. The predicted molar refractivity (Wildman–Crippen MR) is 69.0 cm³/mol. The fourth-order valence-corrected chi connectivity index (χ4v) is 2.56. The van der Waals surface area contributed by atoms with Crippen molar-refractivity contribution in [1.29, 1.82) is 0 Å². The zero-order valence-electron chi connectivity index (χ0n) is 10.3. The van der Waals surface area contributed by atoms with Crippen LogP contribution in [0.1, 0.15) is 37.3 Å². The Bertz CT molecular complexity index is 443. The van der Waals surface area contributed by atoms with Gasteiger partial charge in [0.25, 0.3) is 5.91 Å². The van der Waals surface area contributed by atoms with Gasteiger partial charge in [0.15, 0.2) is 0 Å². The Balaban J connectivity index is 2.20. The molecule has 5 heteroatoms. The van der Waals surface area contributed by atoms with E-state index in [1.807, 2.05) is 30.7 Å². The van der Waals surface area contributed by atoms with Crippen LogP contribution in [0.25, 0.3) is 0 Å². The van der Waals surface area contributed by atoms with Gasteiger partial charge in [0.1, 0.15) is 5.69 Å². The van der Waals surface area contributed by atoms with Crippen molar-refractivity contribution in [1.82, 2.24) is 9.47 Å². The van der Waals surface area contributed by atoms with E-state index in [2.05, 4.69) is 15.9 Å².